The van der Waals surface area contributed by atoms with E-state index in [1.165, 1.54) is 22.1 Å². The lowest BCUT2D eigenvalue weighted by atomic mass is 10.3. The summed E-state index contributed by atoms with van der Waals surface area (Å²) in [6.07, 6.45) is 0. The highest BCUT2D eigenvalue weighted by molar-refractivity contribution is 7.80. The van der Waals surface area contributed by atoms with E-state index < -0.39 is 5.82 Å². The summed E-state index contributed by atoms with van der Waals surface area (Å²) in [5.74, 6) is 0.0414. The lowest BCUT2D eigenvalue weighted by molar-refractivity contribution is 0.632. The second-order valence-electron chi connectivity index (χ2n) is 4.48. The number of halogens is 1. The summed E-state index contributed by atoms with van der Waals surface area (Å²) in [6, 6.07) is 7.85. The predicted octanol–water partition coefficient (Wildman–Crippen LogP) is 2.85. The van der Waals surface area contributed by atoms with Crippen molar-refractivity contribution in [1.82, 2.24) is 9.66 Å². The van der Waals surface area contributed by atoms with Crippen molar-refractivity contribution in [3.8, 4) is 0 Å². The fourth-order valence-electron chi connectivity index (χ4n) is 1.96. The molecule has 2 heterocycles. The highest BCUT2D eigenvalue weighted by Crippen LogP contribution is 2.15. The number of aromatic nitrogens is 2. The number of aryl methyl sites for hydroxylation is 1. The summed E-state index contributed by atoms with van der Waals surface area (Å²) < 4.78 is 14.8. The third kappa shape index (κ3) is 2.70. The van der Waals surface area contributed by atoms with E-state index in [0.717, 1.165) is 0 Å². The average molecular weight is 334 g/mol. The Labute approximate surface area is 134 Å². The smallest absolute Gasteiger partial charge is 0.281 e. The van der Waals surface area contributed by atoms with E-state index in [0.29, 0.717) is 16.0 Å². The van der Waals surface area contributed by atoms with Crippen LogP contribution in [0.15, 0.2) is 40.5 Å². The Bertz CT molecular complexity index is 919. The van der Waals surface area contributed by atoms with Gasteiger partial charge in [-0.1, -0.05) is 12.1 Å². The normalized spacial score (nSPS) is 10.6. The van der Waals surface area contributed by atoms with Gasteiger partial charge in [-0.25, -0.2) is 14.1 Å². The van der Waals surface area contributed by atoms with Crippen LogP contribution in [0.5, 0.6) is 0 Å². The molecule has 0 radical (unpaired) electrons. The number of thiophene rings is 1. The zero-order valence-electron chi connectivity index (χ0n) is 11.5. The number of rotatable bonds is 2. The van der Waals surface area contributed by atoms with Gasteiger partial charge in [0.25, 0.3) is 5.56 Å². The van der Waals surface area contributed by atoms with Gasteiger partial charge in [-0.05, 0) is 42.7 Å². The Balaban J connectivity index is 1.88. The van der Waals surface area contributed by atoms with Gasteiger partial charge < -0.3 is 5.32 Å². The highest BCUT2D eigenvalue weighted by atomic mass is 32.1. The van der Waals surface area contributed by atoms with Gasteiger partial charge in [0, 0.05) is 0 Å². The van der Waals surface area contributed by atoms with Crippen LogP contribution in [0.4, 0.5) is 10.1 Å². The molecule has 5 nitrogen and oxygen atoms in total. The maximum absolute atomic E-state index is 13.6. The van der Waals surface area contributed by atoms with Gasteiger partial charge in [-0.15, -0.1) is 11.3 Å². The summed E-state index contributed by atoms with van der Waals surface area (Å²) in [4.78, 5) is 17.4. The van der Waals surface area contributed by atoms with Gasteiger partial charge in [-0.2, -0.15) is 0 Å². The molecule has 2 aromatic heterocycles. The van der Waals surface area contributed by atoms with Crippen molar-refractivity contribution in [3.05, 3.63) is 57.7 Å². The maximum atomic E-state index is 13.6. The van der Waals surface area contributed by atoms with Gasteiger partial charge >= 0.3 is 0 Å². The van der Waals surface area contributed by atoms with Crippen molar-refractivity contribution in [1.29, 1.82) is 0 Å². The molecule has 0 spiro atoms. The average Bonchev–Trinajstić information content (AvgIpc) is 2.94. The molecule has 1 aromatic carbocycles. The van der Waals surface area contributed by atoms with Gasteiger partial charge in [0.1, 0.15) is 16.5 Å². The molecule has 0 amide bonds. The molecular formula is C14H11FN4OS2. The maximum Gasteiger partial charge on any atom is 0.281 e. The first-order valence-corrected chi connectivity index (χ1v) is 7.64. The Morgan fingerprint density at radius 2 is 2.14 bits per heavy atom. The minimum Gasteiger partial charge on any atom is -0.329 e. The molecule has 22 heavy (non-hydrogen) atoms. The SMILES string of the molecule is Cc1nc2sccc2c(=O)n1NC(=S)Nc1ccccc1F. The fourth-order valence-corrected chi connectivity index (χ4v) is 2.96. The molecule has 3 rings (SSSR count). The molecule has 0 aliphatic carbocycles. The van der Waals surface area contributed by atoms with Crippen LogP contribution >= 0.6 is 23.6 Å². The van der Waals surface area contributed by atoms with Gasteiger partial charge in [-0.3, -0.25) is 10.2 Å². The minimum absolute atomic E-state index is 0.103. The van der Waals surface area contributed by atoms with Gasteiger partial charge in [0.05, 0.1) is 11.1 Å². The molecule has 0 saturated heterocycles. The Morgan fingerprint density at radius 3 is 2.91 bits per heavy atom. The van der Waals surface area contributed by atoms with Crippen molar-refractivity contribution < 1.29 is 4.39 Å². The molecule has 3 aromatic rings. The van der Waals surface area contributed by atoms with Gasteiger partial charge in [0.15, 0.2) is 5.11 Å². The largest absolute Gasteiger partial charge is 0.329 e. The van der Waals surface area contributed by atoms with E-state index in [1.807, 2.05) is 0 Å². The molecular weight excluding hydrogens is 323 g/mol. The fraction of sp³-hybridized carbons (Fsp3) is 0.0714. The third-order valence-electron chi connectivity index (χ3n) is 3.00. The minimum atomic E-state index is -0.429. The van der Waals surface area contributed by atoms with Crippen molar-refractivity contribution in [2.45, 2.75) is 6.92 Å². The predicted molar refractivity (Wildman–Crippen MR) is 90.6 cm³/mol. The van der Waals surface area contributed by atoms with Gasteiger partial charge in [0.2, 0.25) is 0 Å². The zero-order valence-corrected chi connectivity index (χ0v) is 13.1. The van der Waals surface area contributed by atoms with E-state index >= 15 is 0 Å². The monoisotopic (exact) mass is 334 g/mol. The Hall–Kier alpha value is -2.32. The highest BCUT2D eigenvalue weighted by Gasteiger charge is 2.10. The summed E-state index contributed by atoms with van der Waals surface area (Å²) in [5, 5.41) is 5.13. The number of para-hydroxylation sites is 1. The molecule has 0 bridgehead atoms. The first kappa shape index (κ1) is 14.6. The number of nitrogens with one attached hydrogen (secondary N) is 2. The second kappa shape index (κ2) is 5.82. The summed E-state index contributed by atoms with van der Waals surface area (Å²) in [5.41, 5.74) is 2.72. The van der Waals surface area contributed by atoms with E-state index in [-0.39, 0.29) is 16.4 Å². The van der Waals surface area contributed by atoms with Crippen LogP contribution < -0.4 is 16.3 Å². The lowest BCUT2D eigenvalue weighted by Crippen LogP contribution is -2.37. The summed E-state index contributed by atoms with van der Waals surface area (Å²) >= 11 is 6.52. The number of nitrogens with zero attached hydrogens (tertiary/aromatic N) is 2. The zero-order chi connectivity index (χ0) is 15.7. The topological polar surface area (TPSA) is 59.0 Å². The second-order valence-corrected chi connectivity index (χ2v) is 5.79. The third-order valence-corrected chi connectivity index (χ3v) is 4.00. The Morgan fingerprint density at radius 1 is 1.36 bits per heavy atom. The molecule has 112 valence electrons. The number of fused-ring (bicyclic) bond motifs is 1. The number of hydrogen-bond donors (Lipinski definition) is 2. The molecule has 0 fully saturated rings. The van der Waals surface area contributed by atoms with Crippen LogP contribution in [0.2, 0.25) is 0 Å². The molecule has 0 saturated carbocycles. The number of benzene rings is 1. The van der Waals surface area contributed by atoms with Crippen LogP contribution in [-0.4, -0.2) is 14.8 Å². The van der Waals surface area contributed by atoms with E-state index in [4.69, 9.17) is 12.2 Å². The van der Waals surface area contributed by atoms with Crippen molar-refractivity contribution in [3.63, 3.8) is 0 Å². The Kier molecular flexibility index (Phi) is 3.86. The first-order valence-electron chi connectivity index (χ1n) is 6.35. The van der Waals surface area contributed by atoms with E-state index in [9.17, 15) is 9.18 Å². The summed E-state index contributed by atoms with van der Waals surface area (Å²) in [7, 11) is 0. The van der Waals surface area contributed by atoms with Crippen LogP contribution in [0.25, 0.3) is 10.2 Å². The molecule has 0 aliphatic heterocycles. The standard InChI is InChI=1S/C14H11FN4OS2/c1-8-16-12-9(6-7-22-12)13(20)19(8)18-14(21)17-11-5-3-2-4-10(11)15/h2-7H,1H3,(H2,17,18,21). The number of anilines is 1. The van der Waals surface area contributed by atoms with Crippen LogP contribution in [-0.2, 0) is 0 Å². The van der Waals surface area contributed by atoms with Crippen LogP contribution in [0.1, 0.15) is 5.82 Å². The summed E-state index contributed by atoms with van der Waals surface area (Å²) in [6.45, 7) is 1.69. The number of thiocarbonyl (C=S) groups is 1. The molecule has 8 heteroatoms. The van der Waals surface area contributed by atoms with E-state index in [2.05, 4.69) is 15.7 Å². The quantitative estimate of drug-likeness (QED) is 0.706. The van der Waals surface area contributed by atoms with E-state index in [1.54, 1.807) is 36.6 Å². The molecule has 0 unspecified atom stereocenters. The number of hydrogen-bond acceptors (Lipinski definition) is 4. The molecule has 0 aliphatic rings. The first-order chi connectivity index (χ1) is 10.6. The molecule has 2 N–H and O–H groups in total. The van der Waals surface area contributed by atoms with Crippen molar-refractivity contribution >= 4 is 44.6 Å². The van der Waals surface area contributed by atoms with Crippen LogP contribution in [0.3, 0.4) is 0 Å². The van der Waals surface area contributed by atoms with Crippen molar-refractivity contribution in [2.24, 2.45) is 0 Å². The van der Waals surface area contributed by atoms with Crippen LogP contribution in [0, 0.1) is 12.7 Å². The molecule has 0 atom stereocenters. The van der Waals surface area contributed by atoms with Crippen molar-refractivity contribution in [2.75, 3.05) is 10.7 Å². The lowest BCUT2D eigenvalue weighted by Gasteiger charge is -2.14.